The summed E-state index contributed by atoms with van der Waals surface area (Å²) in [6, 6.07) is 16.0. The first-order valence-electron chi connectivity index (χ1n) is 8.23. The molecule has 0 unspecified atom stereocenters. The van der Waals surface area contributed by atoms with Gasteiger partial charge in [0.1, 0.15) is 5.82 Å². The fourth-order valence-corrected chi connectivity index (χ4v) is 3.44. The summed E-state index contributed by atoms with van der Waals surface area (Å²) in [6.07, 6.45) is 0.232. The molecule has 0 spiro atoms. The fraction of sp³-hybridized carbons (Fsp3) is 0.158. The lowest BCUT2D eigenvalue weighted by Crippen LogP contribution is -2.25. The maximum absolute atomic E-state index is 12.3. The Morgan fingerprint density at radius 1 is 1.19 bits per heavy atom. The number of hydrogen-bond donors (Lipinski definition) is 1. The number of nitrogens with one attached hydrogen (secondary N) is 1. The van der Waals surface area contributed by atoms with Crippen LogP contribution in [-0.4, -0.2) is 20.6 Å². The van der Waals surface area contributed by atoms with E-state index in [1.165, 1.54) is 12.1 Å². The number of fused-ring (bicyclic) bond motifs is 1. The van der Waals surface area contributed by atoms with Crippen LogP contribution in [0.1, 0.15) is 29.2 Å². The smallest absolute Gasteiger partial charge is 0.269 e. The van der Waals surface area contributed by atoms with Gasteiger partial charge in [-0.3, -0.25) is 14.9 Å². The minimum absolute atomic E-state index is 0.0168. The van der Waals surface area contributed by atoms with Gasteiger partial charge in [0.25, 0.3) is 5.69 Å². The van der Waals surface area contributed by atoms with Crippen molar-refractivity contribution in [3.05, 3.63) is 81.5 Å². The Labute approximate surface area is 149 Å². The molecule has 26 heavy (non-hydrogen) atoms. The van der Waals surface area contributed by atoms with Crippen molar-refractivity contribution in [1.29, 1.82) is 0 Å². The van der Waals surface area contributed by atoms with Crippen LogP contribution in [-0.2, 0) is 4.79 Å². The van der Waals surface area contributed by atoms with Crippen molar-refractivity contribution in [2.45, 2.75) is 19.3 Å². The van der Waals surface area contributed by atoms with Gasteiger partial charge in [-0.05, 0) is 24.6 Å². The minimum atomic E-state index is -0.423. The first-order chi connectivity index (χ1) is 12.5. The van der Waals surface area contributed by atoms with Crippen LogP contribution in [0.25, 0.3) is 5.69 Å². The molecule has 0 fully saturated rings. The fourth-order valence-electron chi connectivity index (χ4n) is 3.44. The van der Waals surface area contributed by atoms with Gasteiger partial charge in [-0.1, -0.05) is 30.3 Å². The second kappa shape index (κ2) is 6.11. The molecule has 3 aromatic rings. The quantitative estimate of drug-likeness (QED) is 0.579. The third kappa shape index (κ3) is 2.63. The number of nitro benzene ring substituents is 1. The third-order valence-electron chi connectivity index (χ3n) is 4.59. The van der Waals surface area contributed by atoms with E-state index in [1.54, 1.807) is 10.7 Å². The summed E-state index contributed by atoms with van der Waals surface area (Å²) < 4.78 is 1.71. The second-order valence-corrected chi connectivity index (χ2v) is 6.25. The number of anilines is 1. The van der Waals surface area contributed by atoms with Crippen molar-refractivity contribution in [2.75, 3.05) is 5.32 Å². The Kier molecular flexibility index (Phi) is 3.76. The van der Waals surface area contributed by atoms with Crippen molar-refractivity contribution >= 4 is 17.4 Å². The highest BCUT2D eigenvalue weighted by molar-refractivity contribution is 5.95. The second-order valence-electron chi connectivity index (χ2n) is 6.25. The van der Waals surface area contributed by atoms with E-state index in [2.05, 4.69) is 10.4 Å². The number of carbonyl (C=O) groups is 1. The average Bonchev–Trinajstić information content (AvgIpc) is 2.98. The molecule has 1 atom stereocenters. The molecule has 1 N–H and O–H groups in total. The lowest BCUT2D eigenvalue weighted by Gasteiger charge is -2.24. The van der Waals surface area contributed by atoms with E-state index in [1.807, 2.05) is 43.3 Å². The molecule has 7 nitrogen and oxygen atoms in total. The molecule has 0 aliphatic carbocycles. The highest BCUT2D eigenvalue weighted by Crippen LogP contribution is 2.40. The molecule has 1 aliphatic heterocycles. The monoisotopic (exact) mass is 348 g/mol. The summed E-state index contributed by atoms with van der Waals surface area (Å²) >= 11 is 0. The number of rotatable bonds is 3. The van der Waals surface area contributed by atoms with E-state index in [0.717, 1.165) is 22.5 Å². The van der Waals surface area contributed by atoms with Gasteiger partial charge in [0.05, 0.1) is 16.3 Å². The molecule has 0 radical (unpaired) electrons. The summed E-state index contributed by atoms with van der Waals surface area (Å²) in [4.78, 5) is 23.0. The molecule has 7 heteroatoms. The van der Waals surface area contributed by atoms with E-state index in [9.17, 15) is 14.9 Å². The zero-order valence-corrected chi connectivity index (χ0v) is 14.0. The van der Waals surface area contributed by atoms with E-state index in [4.69, 9.17) is 0 Å². The molecule has 0 saturated heterocycles. The molecule has 2 aromatic carbocycles. The van der Waals surface area contributed by atoms with Gasteiger partial charge in [0, 0.05) is 30.0 Å². The number of nitro groups is 1. The molecule has 1 amide bonds. The summed E-state index contributed by atoms with van der Waals surface area (Å²) in [7, 11) is 0. The third-order valence-corrected chi connectivity index (χ3v) is 4.59. The van der Waals surface area contributed by atoms with Crippen molar-refractivity contribution in [3.8, 4) is 5.69 Å². The lowest BCUT2D eigenvalue weighted by atomic mass is 9.85. The predicted molar refractivity (Wildman–Crippen MR) is 96.5 cm³/mol. The Balaban J connectivity index is 1.87. The largest absolute Gasteiger partial charge is 0.310 e. The van der Waals surface area contributed by atoms with Crippen molar-refractivity contribution < 1.29 is 9.72 Å². The molecule has 130 valence electrons. The molecular weight excluding hydrogens is 332 g/mol. The number of para-hydroxylation sites is 1. The number of carbonyl (C=O) groups excluding carboxylic acids is 1. The van der Waals surface area contributed by atoms with Crippen molar-refractivity contribution in [3.63, 3.8) is 0 Å². The molecule has 0 bridgehead atoms. The normalized spacial score (nSPS) is 16.0. The standard InChI is InChI=1S/C19H16N4O3/c1-12-18-16(13-6-5-9-15(10-13)23(25)26)11-17(24)20-19(18)22(21-12)14-7-3-2-4-8-14/h2-10,16H,11H2,1H3,(H,20,24)/t16-/m0/s1. The SMILES string of the molecule is Cc1nn(-c2ccccc2)c2c1[C@H](c1cccc([N+](=O)[O-])c1)CC(=O)N2. The van der Waals surface area contributed by atoms with Crippen molar-refractivity contribution in [1.82, 2.24) is 9.78 Å². The summed E-state index contributed by atoms with van der Waals surface area (Å²) in [5, 5.41) is 18.6. The Hall–Kier alpha value is -3.48. The summed E-state index contributed by atoms with van der Waals surface area (Å²) in [5.74, 6) is 0.226. The molecule has 1 aliphatic rings. The van der Waals surface area contributed by atoms with Gasteiger partial charge in [-0.15, -0.1) is 0 Å². The summed E-state index contributed by atoms with van der Waals surface area (Å²) in [6.45, 7) is 1.89. The lowest BCUT2D eigenvalue weighted by molar-refractivity contribution is -0.384. The van der Waals surface area contributed by atoms with Gasteiger partial charge in [0.2, 0.25) is 5.91 Å². The van der Waals surface area contributed by atoms with Crippen LogP contribution in [0.2, 0.25) is 0 Å². The zero-order chi connectivity index (χ0) is 18.3. The first-order valence-corrected chi connectivity index (χ1v) is 8.23. The highest BCUT2D eigenvalue weighted by Gasteiger charge is 2.33. The Morgan fingerprint density at radius 2 is 1.96 bits per heavy atom. The van der Waals surface area contributed by atoms with E-state index in [-0.39, 0.29) is 23.9 Å². The number of hydrogen-bond acceptors (Lipinski definition) is 4. The van der Waals surface area contributed by atoms with Crippen LogP contribution < -0.4 is 5.32 Å². The number of amides is 1. The van der Waals surface area contributed by atoms with Gasteiger partial charge < -0.3 is 5.32 Å². The molecule has 4 rings (SSSR count). The number of aromatic nitrogens is 2. The molecule has 1 aromatic heterocycles. The van der Waals surface area contributed by atoms with Gasteiger partial charge in [0.15, 0.2) is 0 Å². The first kappa shape index (κ1) is 16.0. The molecular formula is C19H16N4O3. The van der Waals surface area contributed by atoms with Crippen LogP contribution in [0, 0.1) is 17.0 Å². The Morgan fingerprint density at radius 3 is 2.69 bits per heavy atom. The van der Waals surface area contributed by atoms with E-state index >= 15 is 0 Å². The minimum Gasteiger partial charge on any atom is -0.310 e. The molecule has 0 saturated carbocycles. The maximum Gasteiger partial charge on any atom is 0.269 e. The van der Waals surface area contributed by atoms with Crippen LogP contribution in [0.4, 0.5) is 11.5 Å². The number of aryl methyl sites for hydroxylation is 1. The van der Waals surface area contributed by atoms with Crippen LogP contribution in [0.3, 0.4) is 0 Å². The summed E-state index contributed by atoms with van der Waals surface area (Å²) in [5.41, 5.74) is 3.29. The maximum atomic E-state index is 12.3. The topological polar surface area (TPSA) is 90.1 Å². The number of benzene rings is 2. The van der Waals surface area contributed by atoms with Crippen LogP contribution in [0.5, 0.6) is 0 Å². The van der Waals surface area contributed by atoms with Crippen molar-refractivity contribution in [2.24, 2.45) is 0 Å². The Bertz CT molecular complexity index is 1010. The average molecular weight is 348 g/mol. The highest BCUT2D eigenvalue weighted by atomic mass is 16.6. The molecule has 2 heterocycles. The van der Waals surface area contributed by atoms with Gasteiger partial charge in [-0.2, -0.15) is 5.10 Å². The predicted octanol–water partition coefficient (Wildman–Crippen LogP) is 3.56. The zero-order valence-electron chi connectivity index (χ0n) is 14.0. The number of nitrogens with zero attached hydrogens (tertiary/aromatic N) is 3. The van der Waals surface area contributed by atoms with Crippen LogP contribution in [0.15, 0.2) is 54.6 Å². The van der Waals surface area contributed by atoms with E-state index < -0.39 is 4.92 Å². The van der Waals surface area contributed by atoms with Crippen LogP contribution >= 0.6 is 0 Å². The van der Waals surface area contributed by atoms with E-state index in [0.29, 0.717) is 5.82 Å². The van der Waals surface area contributed by atoms with Gasteiger partial charge >= 0.3 is 0 Å². The van der Waals surface area contributed by atoms with Gasteiger partial charge in [-0.25, -0.2) is 4.68 Å². The number of non-ortho nitro benzene ring substituents is 1.